The maximum absolute atomic E-state index is 4.41. The molecule has 19 heavy (non-hydrogen) atoms. The summed E-state index contributed by atoms with van der Waals surface area (Å²) in [5.41, 5.74) is 1.88. The Bertz CT molecular complexity index is 643. The molecule has 0 saturated carbocycles. The third-order valence-corrected chi connectivity index (χ3v) is 3.25. The second-order valence-corrected chi connectivity index (χ2v) is 4.61. The summed E-state index contributed by atoms with van der Waals surface area (Å²) < 4.78 is 5.76. The fourth-order valence-corrected chi connectivity index (χ4v) is 2.16. The van der Waals surface area contributed by atoms with Crippen LogP contribution in [0.2, 0.25) is 0 Å². The SMILES string of the molecule is Cc1nccn1-c1ccc(NCc2csnn2)cn1. The van der Waals surface area contributed by atoms with Crippen LogP contribution in [-0.4, -0.2) is 24.1 Å². The molecule has 0 saturated heterocycles. The normalized spacial score (nSPS) is 10.6. The van der Waals surface area contributed by atoms with Gasteiger partial charge in [0, 0.05) is 17.8 Å². The minimum Gasteiger partial charge on any atom is -0.378 e. The molecule has 0 bridgehead atoms. The minimum absolute atomic E-state index is 0.654. The Balaban J connectivity index is 1.71. The molecule has 0 aliphatic carbocycles. The fraction of sp³-hybridized carbons (Fsp3) is 0.167. The molecule has 1 N–H and O–H groups in total. The van der Waals surface area contributed by atoms with Crippen molar-refractivity contribution >= 4 is 17.2 Å². The average molecular weight is 272 g/mol. The molecule has 0 amide bonds. The number of aromatic nitrogens is 5. The molecule has 96 valence electrons. The molecule has 3 heterocycles. The van der Waals surface area contributed by atoms with Crippen molar-refractivity contribution in [1.29, 1.82) is 0 Å². The van der Waals surface area contributed by atoms with Crippen molar-refractivity contribution in [2.45, 2.75) is 13.5 Å². The molecule has 0 spiro atoms. The van der Waals surface area contributed by atoms with Crippen LogP contribution in [0.15, 0.2) is 36.1 Å². The third kappa shape index (κ3) is 2.60. The van der Waals surface area contributed by atoms with Gasteiger partial charge in [0.1, 0.15) is 11.6 Å². The molecular weight excluding hydrogens is 260 g/mol. The van der Waals surface area contributed by atoms with E-state index in [-0.39, 0.29) is 0 Å². The van der Waals surface area contributed by atoms with Gasteiger partial charge < -0.3 is 5.32 Å². The average Bonchev–Trinajstić information content (AvgIpc) is 3.08. The van der Waals surface area contributed by atoms with Crippen LogP contribution in [0.3, 0.4) is 0 Å². The van der Waals surface area contributed by atoms with Gasteiger partial charge in [0.2, 0.25) is 0 Å². The lowest BCUT2D eigenvalue weighted by atomic mass is 10.3. The summed E-state index contributed by atoms with van der Waals surface area (Å²) in [7, 11) is 0. The standard InChI is InChI=1S/C12H12N6S/c1-9-13-4-5-18(9)12-3-2-10(6-15-12)14-7-11-8-19-17-16-11/h2-6,8,14H,7H2,1H3. The largest absolute Gasteiger partial charge is 0.378 e. The molecule has 0 aliphatic heterocycles. The molecule has 3 aromatic rings. The van der Waals surface area contributed by atoms with Gasteiger partial charge >= 0.3 is 0 Å². The van der Waals surface area contributed by atoms with Crippen molar-refractivity contribution in [2.75, 3.05) is 5.32 Å². The number of hydrogen-bond donors (Lipinski definition) is 1. The summed E-state index contributed by atoms with van der Waals surface area (Å²) in [5, 5.41) is 9.15. The maximum atomic E-state index is 4.41. The van der Waals surface area contributed by atoms with Crippen molar-refractivity contribution in [2.24, 2.45) is 0 Å². The van der Waals surface area contributed by atoms with E-state index in [2.05, 4.69) is 24.9 Å². The topological polar surface area (TPSA) is 68.5 Å². The van der Waals surface area contributed by atoms with Crippen molar-refractivity contribution in [3.63, 3.8) is 0 Å². The molecule has 3 aromatic heterocycles. The number of hydrogen-bond acceptors (Lipinski definition) is 6. The van der Waals surface area contributed by atoms with Gasteiger partial charge in [-0.25, -0.2) is 9.97 Å². The quantitative estimate of drug-likeness (QED) is 0.787. The van der Waals surface area contributed by atoms with Gasteiger partial charge in [-0.3, -0.25) is 4.57 Å². The first-order valence-electron chi connectivity index (χ1n) is 5.79. The summed E-state index contributed by atoms with van der Waals surface area (Å²) in [4.78, 5) is 8.59. The Morgan fingerprint density at radius 2 is 2.26 bits per heavy atom. The van der Waals surface area contributed by atoms with E-state index in [1.807, 2.05) is 35.2 Å². The minimum atomic E-state index is 0.654. The molecule has 0 radical (unpaired) electrons. The zero-order valence-electron chi connectivity index (χ0n) is 10.3. The van der Waals surface area contributed by atoms with Gasteiger partial charge in [-0.15, -0.1) is 5.10 Å². The van der Waals surface area contributed by atoms with E-state index in [0.29, 0.717) is 6.54 Å². The van der Waals surface area contributed by atoms with Crippen molar-refractivity contribution < 1.29 is 0 Å². The van der Waals surface area contributed by atoms with Crippen LogP contribution in [0.25, 0.3) is 5.82 Å². The van der Waals surface area contributed by atoms with Crippen LogP contribution >= 0.6 is 11.5 Å². The predicted molar refractivity (Wildman–Crippen MR) is 73.3 cm³/mol. The summed E-state index contributed by atoms with van der Waals surface area (Å²) in [6, 6.07) is 3.94. The first kappa shape index (κ1) is 11.8. The second-order valence-electron chi connectivity index (χ2n) is 4.00. The Labute approximate surface area is 114 Å². The van der Waals surface area contributed by atoms with E-state index in [0.717, 1.165) is 23.0 Å². The third-order valence-electron chi connectivity index (χ3n) is 2.70. The van der Waals surface area contributed by atoms with Crippen LogP contribution in [0.5, 0.6) is 0 Å². The van der Waals surface area contributed by atoms with Gasteiger partial charge in [0.15, 0.2) is 0 Å². The highest BCUT2D eigenvalue weighted by Gasteiger charge is 2.02. The summed E-state index contributed by atoms with van der Waals surface area (Å²) in [6.07, 6.45) is 5.46. The van der Waals surface area contributed by atoms with E-state index in [1.54, 1.807) is 12.4 Å². The molecule has 7 heteroatoms. The number of pyridine rings is 1. The monoisotopic (exact) mass is 272 g/mol. The van der Waals surface area contributed by atoms with Gasteiger partial charge in [0.25, 0.3) is 0 Å². The lowest BCUT2D eigenvalue weighted by Crippen LogP contribution is -2.02. The smallest absolute Gasteiger partial charge is 0.138 e. The zero-order chi connectivity index (χ0) is 13.1. The van der Waals surface area contributed by atoms with Gasteiger partial charge in [0.05, 0.1) is 24.1 Å². The molecule has 0 atom stereocenters. The summed E-state index contributed by atoms with van der Waals surface area (Å²) in [6.45, 7) is 2.60. The van der Waals surface area contributed by atoms with Gasteiger partial charge in [-0.2, -0.15) is 0 Å². The van der Waals surface area contributed by atoms with Crippen LogP contribution in [0, 0.1) is 6.92 Å². The highest BCUT2D eigenvalue weighted by atomic mass is 32.1. The van der Waals surface area contributed by atoms with Crippen LogP contribution < -0.4 is 5.32 Å². The Kier molecular flexibility index (Phi) is 3.20. The molecule has 0 aromatic carbocycles. The van der Waals surface area contributed by atoms with Crippen molar-refractivity contribution in [3.8, 4) is 5.82 Å². The van der Waals surface area contributed by atoms with E-state index in [4.69, 9.17) is 0 Å². The molecule has 0 aliphatic rings. The predicted octanol–water partition coefficient (Wildman–Crippen LogP) is 2.04. The van der Waals surface area contributed by atoms with Crippen LogP contribution in [0.4, 0.5) is 5.69 Å². The Morgan fingerprint density at radius 3 is 2.89 bits per heavy atom. The van der Waals surface area contributed by atoms with E-state index >= 15 is 0 Å². The summed E-state index contributed by atoms with van der Waals surface area (Å²) in [5.74, 6) is 1.78. The lowest BCUT2D eigenvalue weighted by Gasteiger charge is -2.06. The first-order valence-corrected chi connectivity index (χ1v) is 6.63. The lowest BCUT2D eigenvalue weighted by molar-refractivity contribution is 0.930. The number of rotatable bonds is 4. The van der Waals surface area contributed by atoms with Crippen LogP contribution in [0.1, 0.15) is 11.5 Å². The number of imidazole rings is 1. The van der Waals surface area contributed by atoms with E-state index in [9.17, 15) is 0 Å². The Hall–Kier alpha value is -2.28. The Morgan fingerprint density at radius 1 is 1.32 bits per heavy atom. The molecule has 0 unspecified atom stereocenters. The second kappa shape index (κ2) is 5.15. The van der Waals surface area contributed by atoms with Crippen LogP contribution in [-0.2, 0) is 6.54 Å². The zero-order valence-corrected chi connectivity index (χ0v) is 11.1. The summed E-state index contributed by atoms with van der Waals surface area (Å²) >= 11 is 1.35. The van der Waals surface area contributed by atoms with E-state index < -0.39 is 0 Å². The number of nitrogens with zero attached hydrogens (tertiary/aromatic N) is 5. The highest BCUT2D eigenvalue weighted by molar-refractivity contribution is 7.03. The molecule has 6 nitrogen and oxygen atoms in total. The maximum Gasteiger partial charge on any atom is 0.138 e. The van der Waals surface area contributed by atoms with Crippen molar-refractivity contribution in [1.82, 2.24) is 24.1 Å². The fourth-order valence-electron chi connectivity index (χ4n) is 1.71. The highest BCUT2D eigenvalue weighted by Crippen LogP contribution is 2.12. The van der Waals surface area contributed by atoms with Crippen molar-refractivity contribution in [3.05, 3.63) is 47.6 Å². The number of aryl methyl sites for hydroxylation is 1. The molecule has 0 fully saturated rings. The van der Waals surface area contributed by atoms with Gasteiger partial charge in [-0.1, -0.05) is 4.49 Å². The van der Waals surface area contributed by atoms with E-state index in [1.165, 1.54) is 11.5 Å². The molecule has 3 rings (SSSR count). The number of nitrogens with one attached hydrogen (secondary N) is 1. The first-order chi connectivity index (χ1) is 9.33. The number of anilines is 1. The molecular formula is C12H12N6S. The van der Waals surface area contributed by atoms with Gasteiger partial charge in [-0.05, 0) is 30.6 Å².